The van der Waals surface area contributed by atoms with Crippen molar-refractivity contribution in [3.63, 3.8) is 0 Å². The van der Waals surface area contributed by atoms with Crippen molar-refractivity contribution in [1.82, 2.24) is 14.9 Å². The number of fused-ring (bicyclic) bond motifs is 3. The SMILES string of the molecule is CN(C)C=Nc1ncc2c(n1)-c1ccccc1OC2. The maximum Gasteiger partial charge on any atom is 0.251 e. The van der Waals surface area contributed by atoms with Crippen molar-refractivity contribution in [2.24, 2.45) is 4.99 Å². The second-order valence-corrected chi connectivity index (χ2v) is 4.54. The summed E-state index contributed by atoms with van der Waals surface area (Å²) >= 11 is 0. The minimum Gasteiger partial charge on any atom is -0.488 e. The summed E-state index contributed by atoms with van der Waals surface area (Å²) in [4.78, 5) is 14.8. The Balaban J connectivity index is 2.05. The van der Waals surface area contributed by atoms with E-state index in [-0.39, 0.29) is 0 Å². The third-order valence-electron chi connectivity index (χ3n) is 2.78. The van der Waals surface area contributed by atoms with E-state index in [2.05, 4.69) is 15.0 Å². The molecular weight excluding hydrogens is 240 g/mol. The van der Waals surface area contributed by atoms with Crippen LogP contribution in [0.1, 0.15) is 5.56 Å². The van der Waals surface area contributed by atoms with Crippen LogP contribution in [0, 0.1) is 0 Å². The van der Waals surface area contributed by atoms with Gasteiger partial charge in [-0.1, -0.05) is 12.1 Å². The molecule has 0 unspecified atom stereocenters. The highest BCUT2D eigenvalue weighted by molar-refractivity contribution is 5.72. The molecule has 0 N–H and O–H groups in total. The third kappa shape index (κ3) is 2.27. The van der Waals surface area contributed by atoms with Crippen molar-refractivity contribution in [1.29, 1.82) is 0 Å². The molecule has 2 heterocycles. The van der Waals surface area contributed by atoms with Crippen LogP contribution in [0.3, 0.4) is 0 Å². The highest BCUT2D eigenvalue weighted by atomic mass is 16.5. The number of para-hydroxylation sites is 1. The van der Waals surface area contributed by atoms with Crippen LogP contribution in [-0.2, 0) is 6.61 Å². The highest BCUT2D eigenvalue weighted by Crippen LogP contribution is 2.35. The molecule has 0 aliphatic carbocycles. The van der Waals surface area contributed by atoms with Crippen molar-refractivity contribution in [2.75, 3.05) is 14.1 Å². The average Bonchev–Trinajstić information content (AvgIpc) is 2.44. The van der Waals surface area contributed by atoms with Gasteiger partial charge in [0.25, 0.3) is 5.95 Å². The maximum absolute atomic E-state index is 5.66. The molecule has 0 spiro atoms. The van der Waals surface area contributed by atoms with Crippen LogP contribution in [0.5, 0.6) is 5.75 Å². The van der Waals surface area contributed by atoms with Crippen molar-refractivity contribution in [3.05, 3.63) is 36.0 Å². The van der Waals surface area contributed by atoms with Crippen LogP contribution in [0.4, 0.5) is 5.95 Å². The standard InChI is InChI=1S/C14H14N4O/c1-18(2)9-16-14-15-7-10-8-19-12-6-4-3-5-11(12)13(10)17-14/h3-7,9H,8H2,1-2H3. The lowest BCUT2D eigenvalue weighted by atomic mass is 10.0. The van der Waals surface area contributed by atoms with Gasteiger partial charge in [0.05, 0.1) is 12.0 Å². The minimum absolute atomic E-state index is 0.462. The molecule has 0 amide bonds. The molecule has 0 saturated heterocycles. The van der Waals surface area contributed by atoms with Crippen molar-refractivity contribution < 1.29 is 4.74 Å². The molecule has 0 atom stereocenters. The van der Waals surface area contributed by atoms with Gasteiger partial charge in [0, 0.05) is 31.4 Å². The van der Waals surface area contributed by atoms with E-state index in [0.29, 0.717) is 12.6 Å². The largest absolute Gasteiger partial charge is 0.488 e. The van der Waals surface area contributed by atoms with Crippen molar-refractivity contribution >= 4 is 12.3 Å². The molecule has 1 aromatic heterocycles. The Morgan fingerprint density at radius 1 is 1.32 bits per heavy atom. The second-order valence-electron chi connectivity index (χ2n) is 4.54. The van der Waals surface area contributed by atoms with Gasteiger partial charge in [-0.2, -0.15) is 0 Å². The van der Waals surface area contributed by atoms with Crippen LogP contribution in [0.15, 0.2) is 35.5 Å². The molecule has 0 fully saturated rings. The fourth-order valence-corrected chi connectivity index (χ4v) is 1.91. The summed E-state index contributed by atoms with van der Waals surface area (Å²) in [5.74, 6) is 1.32. The van der Waals surface area contributed by atoms with Gasteiger partial charge in [-0.25, -0.2) is 15.0 Å². The molecule has 0 saturated carbocycles. The molecule has 5 nitrogen and oxygen atoms in total. The first-order valence-corrected chi connectivity index (χ1v) is 6.03. The van der Waals surface area contributed by atoms with Gasteiger partial charge < -0.3 is 9.64 Å². The van der Waals surface area contributed by atoms with Gasteiger partial charge in [0.1, 0.15) is 12.4 Å². The highest BCUT2D eigenvalue weighted by Gasteiger charge is 2.18. The third-order valence-corrected chi connectivity index (χ3v) is 2.78. The van der Waals surface area contributed by atoms with E-state index in [1.165, 1.54) is 0 Å². The van der Waals surface area contributed by atoms with Crippen LogP contribution >= 0.6 is 0 Å². The van der Waals surface area contributed by atoms with E-state index in [1.807, 2.05) is 43.3 Å². The first-order chi connectivity index (χ1) is 9.24. The summed E-state index contributed by atoms with van der Waals surface area (Å²) in [6.45, 7) is 0.504. The minimum atomic E-state index is 0.462. The second kappa shape index (κ2) is 4.68. The molecule has 1 aliphatic rings. The Bertz CT molecular complexity index is 637. The van der Waals surface area contributed by atoms with E-state index in [0.717, 1.165) is 22.6 Å². The summed E-state index contributed by atoms with van der Waals surface area (Å²) < 4.78 is 5.66. The Morgan fingerprint density at radius 3 is 3.00 bits per heavy atom. The van der Waals surface area contributed by atoms with Gasteiger partial charge in [0.2, 0.25) is 0 Å². The normalized spacial score (nSPS) is 12.7. The van der Waals surface area contributed by atoms with E-state index in [9.17, 15) is 0 Å². The van der Waals surface area contributed by atoms with E-state index in [4.69, 9.17) is 4.74 Å². The fraction of sp³-hybridized carbons (Fsp3) is 0.214. The summed E-state index contributed by atoms with van der Waals surface area (Å²) in [6.07, 6.45) is 3.47. The predicted octanol–water partition coefficient (Wildman–Crippen LogP) is 2.26. The summed E-state index contributed by atoms with van der Waals surface area (Å²) in [7, 11) is 3.82. The zero-order valence-corrected chi connectivity index (χ0v) is 10.9. The smallest absolute Gasteiger partial charge is 0.251 e. The van der Waals surface area contributed by atoms with Gasteiger partial charge >= 0.3 is 0 Å². The van der Waals surface area contributed by atoms with Crippen molar-refractivity contribution in [3.8, 4) is 17.0 Å². The molecule has 3 rings (SSSR count). The van der Waals surface area contributed by atoms with Crippen LogP contribution in [0.25, 0.3) is 11.3 Å². The Kier molecular flexibility index (Phi) is 2.87. The van der Waals surface area contributed by atoms with Crippen LogP contribution in [0.2, 0.25) is 0 Å². The van der Waals surface area contributed by atoms with E-state index < -0.39 is 0 Å². The number of ether oxygens (including phenoxy) is 1. The lowest BCUT2D eigenvalue weighted by molar-refractivity contribution is 0.301. The van der Waals surface area contributed by atoms with E-state index >= 15 is 0 Å². The number of hydrogen-bond acceptors (Lipinski definition) is 4. The number of aliphatic imine (C=N–C) groups is 1. The predicted molar refractivity (Wildman–Crippen MR) is 73.6 cm³/mol. The van der Waals surface area contributed by atoms with Gasteiger partial charge in [-0.3, -0.25) is 0 Å². The quantitative estimate of drug-likeness (QED) is 0.609. The average molecular weight is 254 g/mol. The zero-order chi connectivity index (χ0) is 13.2. The lowest BCUT2D eigenvalue weighted by Crippen LogP contribution is -2.09. The number of hydrogen-bond donors (Lipinski definition) is 0. The number of rotatable bonds is 2. The molecular formula is C14H14N4O. The summed E-state index contributed by atoms with van der Waals surface area (Å²) in [6, 6.07) is 7.88. The molecule has 0 radical (unpaired) electrons. The Labute approximate surface area is 111 Å². The van der Waals surface area contributed by atoms with Crippen LogP contribution in [-0.4, -0.2) is 35.3 Å². The molecule has 2 aromatic rings. The molecule has 0 bridgehead atoms. The first-order valence-electron chi connectivity index (χ1n) is 6.03. The first kappa shape index (κ1) is 11.6. The van der Waals surface area contributed by atoms with Gasteiger partial charge in [-0.15, -0.1) is 0 Å². The van der Waals surface area contributed by atoms with Gasteiger partial charge in [-0.05, 0) is 12.1 Å². The maximum atomic E-state index is 5.66. The summed E-state index contributed by atoms with van der Waals surface area (Å²) in [5, 5.41) is 0. The molecule has 1 aromatic carbocycles. The Morgan fingerprint density at radius 2 is 2.16 bits per heavy atom. The monoisotopic (exact) mass is 254 g/mol. The van der Waals surface area contributed by atoms with Gasteiger partial charge in [0.15, 0.2) is 0 Å². The molecule has 1 aliphatic heterocycles. The zero-order valence-electron chi connectivity index (χ0n) is 10.9. The summed E-state index contributed by atoms with van der Waals surface area (Å²) in [5.41, 5.74) is 2.89. The fourth-order valence-electron chi connectivity index (χ4n) is 1.91. The number of benzene rings is 1. The molecule has 5 heteroatoms. The van der Waals surface area contributed by atoms with Crippen LogP contribution < -0.4 is 4.74 Å². The topological polar surface area (TPSA) is 50.6 Å². The van der Waals surface area contributed by atoms with Crippen molar-refractivity contribution in [2.45, 2.75) is 6.61 Å². The lowest BCUT2D eigenvalue weighted by Gasteiger charge is -2.19. The molecule has 96 valence electrons. The number of nitrogens with zero attached hydrogens (tertiary/aromatic N) is 4. The number of aromatic nitrogens is 2. The molecule has 19 heavy (non-hydrogen) atoms. The Hall–Kier alpha value is -2.43. The van der Waals surface area contributed by atoms with E-state index in [1.54, 1.807) is 12.5 Å².